The van der Waals surface area contributed by atoms with Crippen LogP contribution in [0, 0.1) is 0 Å². The standard InChI is InChI=1S/C20H42O2S/c1-3-18-22-19-16-14-12-10-8-6-4-5-7-9-11-13-15-17-20-23(2)21/h3-20H2,1-2H3. The average molecular weight is 347 g/mol. The van der Waals surface area contributed by atoms with Crippen LogP contribution in [-0.4, -0.2) is 29.8 Å². The Morgan fingerprint density at radius 1 is 0.609 bits per heavy atom. The minimum absolute atomic E-state index is 0.590. The molecule has 0 rings (SSSR count). The van der Waals surface area contributed by atoms with Crippen molar-refractivity contribution in [3.05, 3.63) is 0 Å². The van der Waals surface area contributed by atoms with E-state index >= 15 is 0 Å². The first-order valence-electron chi connectivity index (χ1n) is 10.1. The maximum atomic E-state index is 10.9. The first-order valence-corrected chi connectivity index (χ1v) is 11.9. The molecule has 140 valence electrons. The van der Waals surface area contributed by atoms with Crippen LogP contribution in [-0.2, 0) is 15.9 Å². The van der Waals surface area contributed by atoms with Gasteiger partial charge >= 0.3 is 0 Å². The maximum Gasteiger partial charge on any atom is 0.105 e. The lowest BCUT2D eigenvalue weighted by molar-refractivity contribution is 0.130. The van der Waals surface area contributed by atoms with Crippen molar-refractivity contribution in [2.24, 2.45) is 0 Å². The largest absolute Gasteiger partial charge is 0.617 e. The summed E-state index contributed by atoms with van der Waals surface area (Å²) in [5.74, 6) is 0.895. The molecule has 0 fully saturated rings. The molecule has 0 aliphatic heterocycles. The van der Waals surface area contributed by atoms with E-state index in [4.69, 9.17) is 4.74 Å². The molecular formula is C20H42O2S. The molecule has 3 heteroatoms. The lowest BCUT2D eigenvalue weighted by atomic mass is 10.0. The van der Waals surface area contributed by atoms with Gasteiger partial charge in [0.15, 0.2) is 0 Å². The molecule has 0 amide bonds. The van der Waals surface area contributed by atoms with Crippen molar-refractivity contribution in [1.29, 1.82) is 0 Å². The van der Waals surface area contributed by atoms with Crippen molar-refractivity contribution in [2.45, 2.75) is 103 Å². The summed E-state index contributed by atoms with van der Waals surface area (Å²) in [6, 6.07) is 0. The minimum Gasteiger partial charge on any atom is -0.617 e. The number of ether oxygens (including phenoxy) is 1. The van der Waals surface area contributed by atoms with Crippen LogP contribution in [0.25, 0.3) is 0 Å². The van der Waals surface area contributed by atoms with Crippen LogP contribution in [0.2, 0.25) is 0 Å². The number of hydrogen-bond acceptors (Lipinski definition) is 2. The molecule has 1 unspecified atom stereocenters. The monoisotopic (exact) mass is 346 g/mol. The number of rotatable bonds is 19. The van der Waals surface area contributed by atoms with Gasteiger partial charge in [-0.3, -0.25) is 0 Å². The van der Waals surface area contributed by atoms with Gasteiger partial charge in [-0.2, -0.15) is 0 Å². The molecule has 2 nitrogen and oxygen atoms in total. The van der Waals surface area contributed by atoms with E-state index in [0.717, 1.165) is 31.8 Å². The SMILES string of the molecule is CCCOCCCCCCCCCCCCCCCC[S+](C)[O-]. The van der Waals surface area contributed by atoms with Gasteiger partial charge in [-0.15, -0.1) is 0 Å². The highest BCUT2D eigenvalue weighted by molar-refractivity contribution is 7.90. The molecule has 0 aromatic heterocycles. The van der Waals surface area contributed by atoms with E-state index in [9.17, 15) is 4.55 Å². The first kappa shape index (κ1) is 23.3. The Kier molecular flexibility index (Phi) is 20.6. The zero-order chi connectivity index (χ0) is 17.0. The van der Waals surface area contributed by atoms with Crippen LogP contribution >= 0.6 is 0 Å². The van der Waals surface area contributed by atoms with Gasteiger partial charge in [-0.1, -0.05) is 88.7 Å². The molecule has 0 heterocycles. The molecule has 0 saturated heterocycles. The van der Waals surface area contributed by atoms with Crippen LogP contribution < -0.4 is 0 Å². The quantitative estimate of drug-likeness (QED) is 0.204. The molecule has 0 aromatic carbocycles. The van der Waals surface area contributed by atoms with Gasteiger partial charge in [-0.25, -0.2) is 0 Å². The third-order valence-electron chi connectivity index (χ3n) is 4.32. The molecule has 0 radical (unpaired) electrons. The topological polar surface area (TPSA) is 32.3 Å². The fourth-order valence-corrected chi connectivity index (χ4v) is 3.49. The Morgan fingerprint density at radius 2 is 1.00 bits per heavy atom. The second kappa shape index (κ2) is 20.3. The van der Waals surface area contributed by atoms with Crippen molar-refractivity contribution >= 4 is 11.2 Å². The first-order chi connectivity index (χ1) is 11.3. The summed E-state index contributed by atoms with van der Waals surface area (Å²) in [7, 11) is 0. The van der Waals surface area contributed by atoms with Crippen molar-refractivity contribution in [2.75, 3.05) is 25.2 Å². The summed E-state index contributed by atoms with van der Waals surface area (Å²) >= 11 is -0.590. The Bertz CT molecular complexity index is 210. The summed E-state index contributed by atoms with van der Waals surface area (Å²) in [5, 5.41) is 0. The third-order valence-corrected chi connectivity index (χ3v) is 5.18. The molecule has 23 heavy (non-hydrogen) atoms. The molecule has 0 aliphatic rings. The molecule has 0 aromatic rings. The minimum atomic E-state index is -0.590. The van der Waals surface area contributed by atoms with E-state index in [2.05, 4.69) is 6.92 Å². The van der Waals surface area contributed by atoms with Gasteiger partial charge in [0.05, 0.1) is 6.26 Å². The summed E-state index contributed by atoms with van der Waals surface area (Å²) in [4.78, 5) is 0. The highest BCUT2D eigenvalue weighted by Gasteiger charge is 1.97. The molecule has 0 saturated carbocycles. The summed E-state index contributed by atoms with van der Waals surface area (Å²) in [5.41, 5.74) is 0. The van der Waals surface area contributed by atoms with Crippen LogP contribution in [0.5, 0.6) is 0 Å². The zero-order valence-electron chi connectivity index (χ0n) is 16.0. The van der Waals surface area contributed by atoms with Gasteiger partial charge in [-0.05, 0) is 25.7 Å². The van der Waals surface area contributed by atoms with Crippen molar-refractivity contribution < 1.29 is 9.29 Å². The maximum absolute atomic E-state index is 10.9. The molecule has 0 bridgehead atoms. The van der Waals surface area contributed by atoms with E-state index < -0.39 is 11.2 Å². The van der Waals surface area contributed by atoms with E-state index in [1.54, 1.807) is 0 Å². The third kappa shape index (κ3) is 22.3. The molecule has 0 spiro atoms. The molecule has 0 N–H and O–H groups in total. The fourth-order valence-electron chi connectivity index (χ4n) is 2.88. The Labute approximate surface area is 149 Å². The predicted octanol–water partition coefficient (Wildman–Crippen LogP) is 6.25. The zero-order valence-corrected chi connectivity index (χ0v) is 16.8. The predicted molar refractivity (Wildman–Crippen MR) is 105 cm³/mol. The number of hydrogen-bond donors (Lipinski definition) is 0. The molecular weight excluding hydrogens is 304 g/mol. The highest BCUT2D eigenvalue weighted by atomic mass is 32.2. The highest BCUT2D eigenvalue weighted by Crippen LogP contribution is 2.13. The summed E-state index contributed by atoms with van der Waals surface area (Å²) in [6.07, 6.45) is 21.9. The summed E-state index contributed by atoms with van der Waals surface area (Å²) in [6.45, 7) is 4.06. The second-order valence-corrected chi connectivity index (χ2v) is 8.39. The van der Waals surface area contributed by atoms with Gasteiger partial charge in [0, 0.05) is 13.2 Å². The number of unbranched alkanes of at least 4 members (excludes halogenated alkanes) is 13. The van der Waals surface area contributed by atoms with Crippen LogP contribution in [0.4, 0.5) is 0 Å². The van der Waals surface area contributed by atoms with Gasteiger partial charge < -0.3 is 9.29 Å². The smallest absolute Gasteiger partial charge is 0.105 e. The van der Waals surface area contributed by atoms with Crippen LogP contribution in [0.3, 0.4) is 0 Å². The fraction of sp³-hybridized carbons (Fsp3) is 1.00. The Morgan fingerprint density at radius 3 is 1.39 bits per heavy atom. The van der Waals surface area contributed by atoms with E-state index in [-0.39, 0.29) is 0 Å². The second-order valence-electron chi connectivity index (χ2n) is 6.84. The molecule has 0 aliphatic carbocycles. The molecule has 1 atom stereocenters. The lowest BCUT2D eigenvalue weighted by Crippen LogP contribution is -2.02. The average Bonchev–Trinajstić information content (AvgIpc) is 2.53. The van der Waals surface area contributed by atoms with Gasteiger partial charge in [0.25, 0.3) is 0 Å². The van der Waals surface area contributed by atoms with Crippen molar-refractivity contribution in [1.82, 2.24) is 0 Å². The van der Waals surface area contributed by atoms with Crippen molar-refractivity contribution in [3.8, 4) is 0 Å². The van der Waals surface area contributed by atoms with E-state index in [1.807, 2.05) is 6.26 Å². The van der Waals surface area contributed by atoms with E-state index in [1.165, 1.54) is 83.5 Å². The normalized spacial score (nSPS) is 12.7. The van der Waals surface area contributed by atoms with Crippen LogP contribution in [0.1, 0.15) is 103 Å². The Hall–Kier alpha value is 0.270. The van der Waals surface area contributed by atoms with Crippen molar-refractivity contribution in [3.63, 3.8) is 0 Å². The van der Waals surface area contributed by atoms with Gasteiger partial charge in [0.1, 0.15) is 5.75 Å². The summed E-state index contributed by atoms with van der Waals surface area (Å²) < 4.78 is 16.4. The Balaban J connectivity index is 2.95. The van der Waals surface area contributed by atoms with E-state index in [0.29, 0.717) is 0 Å². The van der Waals surface area contributed by atoms with Gasteiger partial charge in [0.2, 0.25) is 0 Å². The lowest BCUT2D eigenvalue weighted by Gasteiger charge is -2.05. The van der Waals surface area contributed by atoms with Crippen LogP contribution in [0.15, 0.2) is 0 Å².